The summed E-state index contributed by atoms with van der Waals surface area (Å²) in [5, 5.41) is 18.6. The predicted molar refractivity (Wildman–Crippen MR) is 87.6 cm³/mol. The third-order valence-electron chi connectivity index (χ3n) is 3.95. The van der Waals surface area contributed by atoms with E-state index < -0.39 is 5.60 Å². The molecule has 0 radical (unpaired) electrons. The minimum Gasteiger partial charge on any atom is -0.479 e. The Morgan fingerprint density at radius 3 is 2.78 bits per heavy atom. The van der Waals surface area contributed by atoms with Gasteiger partial charge < -0.3 is 14.7 Å². The molecular formula is C18H22N2O3. The molecular weight excluding hydrogens is 292 g/mol. The second-order valence-electron chi connectivity index (χ2n) is 6.19. The van der Waals surface area contributed by atoms with E-state index in [9.17, 15) is 9.90 Å². The fraction of sp³-hybridized carbons (Fsp3) is 0.444. The Balaban J connectivity index is 1.99. The van der Waals surface area contributed by atoms with Gasteiger partial charge in [0.1, 0.15) is 11.8 Å². The number of aliphatic hydroxyl groups is 1. The first-order chi connectivity index (χ1) is 10.9. The zero-order valence-electron chi connectivity index (χ0n) is 13.5. The number of carbonyl (C=O) groups excluding carboxylic acids is 1. The largest absolute Gasteiger partial charge is 0.479 e. The molecule has 122 valence electrons. The van der Waals surface area contributed by atoms with Crippen LogP contribution in [0.1, 0.15) is 32.3 Å². The Morgan fingerprint density at radius 1 is 1.48 bits per heavy atom. The van der Waals surface area contributed by atoms with Crippen molar-refractivity contribution >= 4 is 12.0 Å². The van der Waals surface area contributed by atoms with E-state index in [2.05, 4.69) is 0 Å². The molecule has 1 aromatic rings. The maximum absolute atomic E-state index is 12.4. The van der Waals surface area contributed by atoms with Crippen molar-refractivity contribution in [2.45, 2.75) is 38.3 Å². The van der Waals surface area contributed by atoms with Gasteiger partial charge in [-0.15, -0.1) is 0 Å². The number of likely N-dealkylation sites (tertiary alicyclic amines) is 1. The Bertz CT molecular complexity index is 609. The van der Waals surface area contributed by atoms with E-state index in [1.807, 2.05) is 18.2 Å². The predicted octanol–water partition coefficient (Wildman–Crippen LogP) is 2.36. The van der Waals surface area contributed by atoms with Gasteiger partial charge in [-0.2, -0.15) is 5.26 Å². The first-order valence-electron chi connectivity index (χ1n) is 7.72. The number of amides is 1. The Morgan fingerprint density at radius 2 is 2.17 bits per heavy atom. The second-order valence-corrected chi connectivity index (χ2v) is 6.19. The van der Waals surface area contributed by atoms with E-state index in [1.165, 1.54) is 6.08 Å². The third-order valence-corrected chi connectivity index (χ3v) is 3.95. The molecule has 0 aliphatic carbocycles. The van der Waals surface area contributed by atoms with Crippen molar-refractivity contribution in [1.29, 1.82) is 5.26 Å². The monoisotopic (exact) mass is 314 g/mol. The highest BCUT2D eigenvalue weighted by Gasteiger charge is 2.37. The van der Waals surface area contributed by atoms with Crippen molar-refractivity contribution in [1.82, 2.24) is 4.90 Å². The van der Waals surface area contributed by atoms with Crippen LogP contribution in [0.3, 0.4) is 0 Å². The van der Waals surface area contributed by atoms with Crippen molar-refractivity contribution in [3.05, 3.63) is 35.9 Å². The maximum Gasteiger partial charge on any atom is 0.246 e. The van der Waals surface area contributed by atoms with Crippen molar-refractivity contribution in [2.24, 2.45) is 0 Å². The third kappa shape index (κ3) is 4.57. The molecule has 1 unspecified atom stereocenters. The second kappa shape index (κ2) is 7.30. The summed E-state index contributed by atoms with van der Waals surface area (Å²) in [6, 6.07) is 8.95. The lowest BCUT2D eigenvalue weighted by Gasteiger charge is -2.33. The van der Waals surface area contributed by atoms with E-state index in [0.29, 0.717) is 12.3 Å². The van der Waals surface area contributed by atoms with E-state index in [-0.39, 0.29) is 18.6 Å². The Kier molecular flexibility index (Phi) is 5.41. The highest BCUT2D eigenvalue weighted by Crippen LogP contribution is 2.27. The minimum atomic E-state index is -0.889. The average Bonchev–Trinajstić information content (AvgIpc) is 3.01. The Labute approximate surface area is 136 Å². The number of nitriles is 1. The van der Waals surface area contributed by atoms with Gasteiger partial charge in [0.2, 0.25) is 5.91 Å². The highest BCUT2D eigenvalue weighted by molar-refractivity contribution is 5.92. The smallest absolute Gasteiger partial charge is 0.246 e. The van der Waals surface area contributed by atoms with Crippen LogP contribution in [-0.2, 0) is 4.79 Å². The first kappa shape index (κ1) is 17.0. The van der Waals surface area contributed by atoms with Crippen LogP contribution in [-0.4, -0.2) is 40.7 Å². The summed E-state index contributed by atoms with van der Waals surface area (Å²) in [4.78, 5) is 14.1. The van der Waals surface area contributed by atoms with Crippen LogP contribution < -0.4 is 4.74 Å². The summed E-state index contributed by atoms with van der Waals surface area (Å²) >= 11 is 0. The van der Waals surface area contributed by atoms with Gasteiger partial charge in [0.25, 0.3) is 0 Å². The molecule has 1 aliphatic heterocycles. The normalized spacial score (nSPS) is 18.2. The van der Waals surface area contributed by atoms with Crippen LogP contribution in [0, 0.1) is 11.3 Å². The molecule has 1 heterocycles. The molecule has 1 aromatic carbocycles. The van der Waals surface area contributed by atoms with Crippen LogP contribution in [0.4, 0.5) is 0 Å². The number of benzene rings is 1. The van der Waals surface area contributed by atoms with Crippen molar-refractivity contribution in [2.75, 3.05) is 13.2 Å². The fourth-order valence-corrected chi connectivity index (χ4v) is 2.82. The molecule has 1 saturated heterocycles. The van der Waals surface area contributed by atoms with Crippen LogP contribution >= 0.6 is 0 Å². The molecule has 0 saturated carbocycles. The zero-order chi connectivity index (χ0) is 16.9. The zero-order valence-corrected chi connectivity index (χ0v) is 13.5. The van der Waals surface area contributed by atoms with Crippen molar-refractivity contribution in [3.63, 3.8) is 0 Å². The number of hydrogen-bond acceptors (Lipinski definition) is 4. The van der Waals surface area contributed by atoms with E-state index >= 15 is 0 Å². The summed E-state index contributed by atoms with van der Waals surface area (Å²) in [6.07, 6.45) is 5.03. The summed E-state index contributed by atoms with van der Waals surface area (Å²) in [6.45, 7) is 4.18. The van der Waals surface area contributed by atoms with E-state index in [1.54, 1.807) is 37.0 Å². The summed E-state index contributed by atoms with van der Waals surface area (Å²) in [7, 11) is 0. The number of ether oxygens (including phenoxy) is 1. The van der Waals surface area contributed by atoms with Crippen molar-refractivity contribution in [3.8, 4) is 11.8 Å². The molecule has 1 aliphatic rings. The van der Waals surface area contributed by atoms with E-state index in [0.717, 1.165) is 18.4 Å². The van der Waals surface area contributed by atoms with Crippen LogP contribution in [0.5, 0.6) is 5.75 Å². The van der Waals surface area contributed by atoms with Gasteiger partial charge in [-0.1, -0.05) is 12.1 Å². The molecule has 0 aromatic heterocycles. The Hall–Kier alpha value is -2.32. The molecule has 1 amide bonds. The van der Waals surface area contributed by atoms with Gasteiger partial charge in [-0.05, 0) is 50.5 Å². The lowest BCUT2D eigenvalue weighted by atomic mass is 9.96. The van der Waals surface area contributed by atoms with Crippen molar-refractivity contribution < 1.29 is 14.6 Å². The summed E-state index contributed by atoms with van der Waals surface area (Å²) < 4.78 is 5.18. The first-order valence-corrected chi connectivity index (χ1v) is 7.72. The molecule has 2 rings (SSSR count). The van der Waals surface area contributed by atoms with Gasteiger partial charge in [0, 0.05) is 12.6 Å². The maximum atomic E-state index is 12.4. The summed E-state index contributed by atoms with van der Waals surface area (Å²) in [5.41, 5.74) is -0.0126. The van der Waals surface area contributed by atoms with Crippen LogP contribution in [0.15, 0.2) is 30.3 Å². The lowest BCUT2D eigenvalue weighted by Crippen LogP contribution is -2.47. The molecule has 0 bridgehead atoms. The minimum absolute atomic E-state index is 0.0148. The molecule has 23 heavy (non-hydrogen) atoms. The topological polar surface area (TPSA) is 73.6 Å². The van der Waals surface area contributed by atoms with E-state index in [4.69, 9.17) is 10.00 Å². The molecule has 5 heteroatoms. The van der Waals surface area contributed by atoms with Gasteiger partial charge in [0.05, 0.1) is 11.6 Å². The summed E-state index contributed by atoms with van der Waals surface area (Å²) in [5.74, 6) is 0.538. The quantitative estimate of drug-likeness (QED) is 0.847. The molecule has 0 spiro atoms. The molecule has 1 fully saturated rings. The highest BCUT2D eigenvalue weighted by atomic mass is 16.5. The SMILES string of the molecule is CC(C)(O)C1CCCN1C(=O)/C=C/c1ccc(OCC#N)cc1. The lowest BCUT2D eigenvalue weighted by molar-refractivity contribution is -0.131. The number of nitrogens with zero attached hydrogens (tertiary/aromatic N) is 2. The average molecular weight is 314 g/mol. The fourth-order valence-electron chi connectivity index (χ4n) is 2.82. The number of carbonyl (C=O) groups is 1. The standard InChI is InChI=1S/C18H22N2O3/c1-18(2,22)16-4-3-12-20(16)17(21)10-7-14-5-8-15(9-6-14)23-13-11-19/h5-10,16,22H,3-4,12-13H2,1-2H3/b10-7+. The van der Waals surface area contributed by atoms with Gasteiger partial charge in [-0.25, -0.2) is 0 Å². The van der Waals surface area contributed by atoms with Gasteiger partial charge >= 0.3 is 0 Å². The van der Waals surface area contributed by atoms with Crippen LogP contribution in [0.25, 0.3) is 6.08 Å². The number of hydrogen-bond donors (Lipinski definition) is 1. The van der Waals surface area contributed by atoms with Gasteiger partial charge in [-0.3, -0.25) is 4.79 Å². The molecule has 5 nitrogen and oxygen atoms in total. The molecule has 1 atom stereocenters. The van der Waals surface area contributed by atoms with Crippen LogP contribution in [0.2, 0.25) is 0 Å². The molecule has 1 N–H and O–H groups in total. The van der Waals surface area contributed by atoms with Gasteiger partial charge in [0.15, 0.2) is 6.61 Å². The number of rotatable bonds is 5.